The molecule has 1 heterocycles. The summed E-state index contributed by atoms with van der Waals surface area (Å²) in [4.78, 5) is 54.1. The molecule has 0 saturated heterocycles. The number of phenols is 12. The molecule has 0 bridgehead atoms. The Morgan fingerprint density at radius 1 is 0.554 bits per heavy atom. The van der Waals surface area contributed by atoms with E-state index in [0.29, 0.717) is 36.4 Å². The third-order valence-electron chi connectivity index (χ3n) is 9.02. The van der Waals surface area contributed by atoms with Crippen molar-refractivity contribution in [2.24, 2.45) is 5.92 Å². The molecule has 5 atom stereocenters. The molecule has 1 saturated carbocycles. The number of cyclic esters (lactones) is 1. The van der Waals surface area contributed by atoms with E-state index in [1.807, 2.05) is 0 Å². The van der Waals surface area contributed by atoms with Gasteiger partial charge in [0.25, 0.3) is 0 Å². The van der Waals surface area contributed by atoms with Gasteiger partial charge in [0.15, 0.2) is 63.6 Å². The molecular weight excluding hydrogens is 756 g/mol. The number of esters is 4. The number of phenolic OH excluding ortho intramolecular Hbond substituents is 12. The number of aliphatic hydroxyl groups excluding tert-OH is 1. The minimum atomic E-state index is -2.29. The van der Waals surface area contributed by atoms with E-state index >= 15 is 0 Å². The number of carbonyl (C=O) groups is 4. The molecule has 13 N–H and O–H groups in total. The third-order valence-corrected chi connectivity index (χ3v) is 9.02. The maximum absolute atomic E-state index is 13.9. The molecule has 2 aliphatic rings. The number of fused-ring (bicyclic) bond motifs is 4. The molecule has 1 fully saturated rings. The maximum atomic E-state index is 13.9. The standard InChI is InChI=1S/C35H28O21/c36-14-1-9(2-15(37)23(14)42)32(49)54-20-5-11-8-53-34(51)12-6-18(40)25(44)27(46)21(12)22-13(7-19(41)26(45)28(22)47)35(52)55-30(11)29(48)31(20)56-33(50)10-3-16(38)24(43)17(39)4-10/h1-4,6-7,11,20,29-31,36-48H,5,8H2. The van der Waals surface area contributed by atoms with E-state index in [2.05, 4.69) is 0 Å². The zero-order valence-corrected chi connectivity index (χ0v) is 27.8. The van der Waals surface area contributed by atoms with E-state index in [9.17, 15) is 85.6 Å². The van der Waals surface area contributed by atoms with Crippen LogP contribution in [0.5, 0.6) is 69.0 Å². The summed E-state index contributed by atoms with van der Waals surface area (Å²) in [5, 5.41) is 134. The average Bonchev–Trinajstić information content (AvgIpc) is 3.16. The largest absolute Gasteiger partial charge is 0.504 e. The normalized spacial score (nSPS) is 20.6. The van der Waals surface area contributed by atoms with Gasteiger partial charge in [-0.3, -0.25) is 0 Å². The molecule has 1 aliphatic carbocycles. The number of hydrogen-bond acceptors (Lipinski definition) is 21. The molecule has 21 nitrogen and oxygen atoms in total. The predicted molar refractivity (Wildman–Crippen MR) is 177 cm³/mol. The van der Waals surface area contributed by atoms with Gasteiger partial charge in [0.1, 0.15) is 18.3 Å². The van der Waals surface area contributed by atoms with E-state index in [0.717, 1.165) is 0 Å². The average molecular weight is 785 g/mol. The van der Waals surface area contributed by atoms with Gasteiger partial charge in [-0.2, -0.15) is 0 Å². The molecule has 4 aromatic carbocycles. The molecule has 21 heteroatoms. The highest BCUT2D eigenvalue weighted by atomic mass is 16.6. The lowest BCUT2D eigenvalue weighted by atomic mass is 9.80. The van der Waals surface area contributed by atoms with E-state index in [1.165, 1.54) is 0 Å². The molecule has 1 aliphatic heterocycles. The van der Waals surface area contributed by atoms with Crippen LogP contribution < -0.4 is 0 Å². The quantitative estimate of drug-likeness (QED) is 0.0788. The first-order valence-corrected chi connectivity index (χ1v) is 15.8. The van der Waals surface area contributed by atoms with Crippen molar-refractivity contribution in [1.29, 1.82) is 0 Å². The highest BCUT2D eigenvalue weighted by molar-refractivity contribution is 6.08. The van der Waals surface area contributed by atoms with Crippen molar-refractivity contribution >= 4 is 23.9 Å². The van der Waals surface area contributed by atoms with E-state index in [4.69, 9.17) is 18.9 Å². The third kappa shape index (κ3) is 6.46. The number of carbonyl (C=O) groups excluding carboxylic acids is 4. The van der Waals surface area contributed by atoms with Gasteiger partial charge in [-0.15, -0.1) is 0 Å². The number of ether oxygens (including phenoxy) is 4. The van der Waals surface area contributed by atoms with Gasteiger partial charge < -0.3 is 85.3 Å². The topological polar surface area (TPSA) is 368 Å². The first-order valence-electron chi connectivity index (χ1n) is 15.8. The van der Waals surface area contributed by atoms with Crippen LogP contribution in [-0.4, -0.2) is 121 Å². The summed E-state index contributed by atoms with van der Waals surface area (Å²) in [5.41, 5.74) is -4.84. The molecule has 0 spiro atoms. The van der Waals surface area contributed by atoms with E-state index < -0.39 is 170 Å². The Kier molecular flexibility index (Phi) is 9.48. The van der Waals surface area contributed by atoms with Crippen LogP contribution >= 0.6 is 0 Å². The van der Waals surface area contributed by atoms with Crippen LogP contribution in [0.15, 0.2) is 36.4 Å². The van der Waals surface area contributed by atoms with Crippen LogP contribution in [0.4, 0.5) is 0 Å². The number of rotatable bonds is 4. The molecule has 0 aromatic heterocycles. The highest BCUT2D eigenvalue weighted by Crippen LogP contribution is 2.53. The molecule has 4 aromatic rings. The summed E-state index contributed by atoms with van der Waals surface area (Å²) >= 11 is 0. The minimum Gasteiger partial charge on any atom is -0.504 e. The van der Waals surface area contributed by atoms with Crippen molar-refractivity contribution in [2.75, 3.05) is 6.61 Å². The number of aromatic hydroxyl groups is 12. The summed E-state index contributed by atoms with van der Waals surface area (Å²) in [7, 11) is 0. The molecule has 0 amide bonds. The lowest BCUT2D eigenvalue weighted by Crippen LogP contribution is -2.58. The molecular formula is C35H28O21. The van der Waals surface area contributed by atoms with E-state index in [-0.39, 0.29) is 0 Å². The zero-order chi connectivity index (χ0) is 41.1. The molecule has 294 valence electrons. The van der Waals surface area contributed by atoms with Crippen molar-refractivity contribution in [2.45, 2.75) is 30.8 Å². The number of benzene rings is 4. The summed E-state index contributed by atoms with van der Waals surface area (Å²) in [6, 6.07) is 3.75. The Labute approximate surface area is 310 Å². The predicted octanol–water partition coefficient (Wildman–Crippen LogP) is 1.35. The molecule has 5 unspecified atom stereocenters. The molecule has 6 rings (SSSR count). The van der Waals surface area contributed by atoms with Crippen molar-refractivity contribution in [3.63, 3.8) is 0 Å². The number of aliphatic hydroxyl groups is 1. The van der Waals surface area contributed by atoms with Gasteiger partial charge in [-0.25, -0.2) is 19.2 Å². The Hall–Kier alpha value is -7.68. The van der Waals surface area contributed by atoms with Crippen molar-refractivity contribution in [1.82, 2.24) is 0 Å². The SMILES string of the molecule is O=C(OC1CC2COC(=O)c3cc(O)c(O)c(O)c3-c3c(cc(O)c(O)c3O)C(=O)OC2C(O)C1OC(=O)c1cc(O)c(O)c(O)c1)c1cc(O)c(O)c(O)c1. The van der Waals surface area contributed by atoms with Gasteiger partial charge >= 0.3 is 23.9 Å². The van der Waals surface area contributed by atoms with Gasteiger partial charge in [-0.05, 0) is 42.8 Å². The fourth-order valence-electron chi connectivity index (χ4n) is 6.25. The second kappa shape index (κ2) is 13.9. The van der Waals surface area contributed by atoms with Crippen LogP contribution in [0.1, 0.15) is 47.9 Å². The van der Waals surface area contributed by atoms with Crippen molar-refractivity contribution in [3.05, 3.63) is 58.7 Å². The van der Waals surface area contributed by atoms with Crippen molar-refractivity contribution < 1.29 is 105 Å². The first-order chi connectivity index (χ1) is 26.3. The van der Waals surface area contributed by atoms with E-state index in [1.54, 1.807) is 0 Å². The second-order valence-corrected chi connectivity index (χ2v) is 12.5. The second-order valence-electron chi connectivity index (χ2n) is 12.5. The highest BCUT2D eigenvalue weighted by Gasteiger charge is 2.51. The van der Waals surface area contributed by atoms with Crippen molar-refractivity contribution in [3.8, 4) is 80.1 Å². The van der Waals surface area contributed by atoms with Crippen LogP contribution in [0.25, 0.3) is 11.1 Å². The fourth-order valence-corrected chi connectivity index (χ4v) is 6.25. The van der Waals surface area contributed by atoms with Gasteiger partial charge in [0.2, 0.25) is 11.5 Å². The Balaban J connectivity index is 1.46. The monoisotopic (exact) mass is 784 g/mol. The zero-order valence-electron chi connectivity index (χ0n) is 27.8. The Morgan fingerprint density at radius 3 is 1.43 bits per heavy atom. The molecule has 56 heavy (non-hydrogen) atoms. The Bertz CT molecular complexity index is 2290. The van der Waals surface area contributed by atoms with Crippen LogP contribution in [-0.2, 0) is 18.9 Å². The maximum Gasteiger partial charge on any atom is 0.339 e. The first kappa shape index (κ1) is 38.1. The molecule has 0 radical (unpaired) electrons. The minimum absolute atomic E-state index is 0.516. The van der Waals surface area contributed by atoms with Gasteiger partial charge in [0.05, 0.1) is 28.9 Å². The van der Waals surface area contributed by atoms with Gasteiger partial charge in [0, 0.05) is 17.0 Å². The summed E-state index contributed by atoms with van der Waals surface area (Å²) in [5.74, 6) is -20.7. The van der Waals surface area contributed by atoms with Crippen LogP contribution in [0, 0.1) is 5.92 Å². The lowest BCUT2D eigenvalue weighted by Gasteiger charge is -2.42. The number of hydrogen-bond donors (Lipinski definition) is 13. The Morgan fingerprint density at radius 2 is 0.964 bits per heavy atom. The summed E-state index contributed by atoms with van der Waals surface area (Å²) < 4.78 is 21.8. The summed E-state index contributed by atoms with van der Waals surface area (Å²) in [6.45, 7) is -0.871. The van der Waals surface area contributed by atoms with Gasteiger partial charge in [-0.1, -0.05) is 0 Å². The van der Waals surface area contributed by atoms with Crippen LogP contribution in [0.3, 0.4) is 0 Å². The smallest absolute Gasteiger partial charge is 0.339 e. The van der Waals surface area contributed by atoms with Crippen LogP contribution in [0.2, 0.25) is 0 Å². The lowest BCUT2D eigenvalue weighted by molar-refractivity contribution is -0.168. The summed E-state index contributed by atoms with van der Waals surface area (Å²) in [6.07, 6.45) is -8.79. The fraction of sp³-hybridized carbons (Fsp3) is 0.200.